The van der Waals surface area contributed by atoms with Gasteiger partial charge in [0.05, 0.1) is 12.3 Å². The lowest BCUT2D eigenvalue weighted by atomic mass is 9.85. The van der Waals surface area contributed by atoms with Gasteiger partial charge in [-0.25, -0.2) is 14.8 Å². The number of esters is 1. The number of aromatic nitrogens is 2. The topological polar surface area (TPSA) is 84.3 Å². The van der Waals surface area contributed by atoms with E-state index in [1.54, 1.807) is 54.7 Å². The number of hydrogen-bond donors (Lipinski definition) is 2. The van der Waals surface area contributed by atoms with E-state index in [1.165, 1.54) is 6.33 Å². The molecule has 2 aromatic carbocycles. The molecule has 2 heterocycles. The van der Waals surface area contributed by atoms with Crippen LogP contribution in [0.2, 0.25) is 0 Å². The minimum absolute atomic E-state index is 0.0548. The number of hydrogen-bond acceptors (Lipinski definition) is 6. The molecular formula is C26H29N3O3. The summed E-state index contributed by atoms with van der Waals surface area (Å²) in [5.41, 5.74) is -0.0661. The smallest absolute Gasteiger partial charge is 0.347 e. The fourth-order valence-corrected chi connectivity index (χ4v) is 4.38. The van der Waals surface area contributed by atoms with Crippen LogP contribution in [0.3, 0.4) is 0 Å². The van der Waals surface area contributed by atoms with Crippen LogP contribution >= 0.6 is 0 Å². The van der Waals surface area contributed by atoms with Gasteiger partial charge >= 0.3 is 5.97 Å². The Hall–Kier alpha value is -3.09. The van der Waals surface area contributed by atoms with E-state index < -0.39 is 11.6 Å². The number of aliphatic hydroxyl groups is 1. The number of ether oxygens (including phenoxy) is 1. The largest absolute Gasteiger partial charge is 0.462 e. The number of carbonyl (C=O) groups excluding carboxylic acids is 1. The molecular weight excluding hydrogens is 402 g/mol. The van der Waals surface area contributed by atoms with E-state index in [2.05, 4.69) is 15.3 Å². The number of piperidine rings is 1. The van der Waals surface area contributed by atoms with Crippen molar-refractivity contribution in [2.24, 2.45) is 5.92 Å². The minimum Gasteiger partial charge on any atom is -0.462 e. The van der Waals surface area contributed by atoms with Crippen LogP contribution in [0.15, 0.2) is 79.3 Å². The third-order valence-corrected chi connectivity index (χ3v) is 6.19. The standard InChI is InChI=1S/C26H29N3O3/c30-25(26(31,22-7-3-1-4-8-22)23-9-5-2-6-10-23)32-18-21(24-13-16-28-19-29-24)17-20-11-14-27-15-12-20/h1-10,13,16,19-21,27,31H,11-12,14-15,17-18H2. The first kappa shape index (κ1) is 22.1. The first-order valence-electron chi connectivity index (χ1n) is 11.1. The van der Waals surface area contributed by atoms with E-state index in [0.717, 1.165) is 38.0 Å². The molecule has 1 saturated heterocycles. The SMILES string of the molecule is O=C(OCC(CC1CCNCC1)c1ccncn1)C(O)(c1ccccc1)c1ccccc1. The number of nitrogens with zero attached hydrogens (tertiary/aromatic N) is 2. The summed E-state index contributed by atoms with van der Waals surface area (Å²) in [6.07, 6.45) is 6.29. The van der Waals surface area contributed by atoms with Gasteiger partial charge in [0.1, 0.15) is 6.33 Å². The Balaban J connectivity index is 1.56. The van der Waals surface area contributed by atoms with E-state index in [0.29, 0.717) is 17.0 Å². The molecule has 166 valence electrons. The van der Waals surface area contributed by atoms with Gasteiger partial charge < -0.3 is 15.2 Å². The highest BCUT2D eigenvalue weighted by Gasteiger charge is 2.42. The van der Waals surface area contributed by atoms with Crippen molar-refractivity contribution >= 4 is 5.97 Å². The molecule has 1 unspecified atom stereocenters. The van der Waals surface area contributed by atoms with Crippen LogP contribution in [-0.4, -0.2) is 40.7 Å². The second-order valence-electron chi connectivity index (χ2n) is 8.30. The van der Waals surface area contributed by atoms with E-state index in [1.807, 2.05) is 18.2 Å². The third kappa shape index (κ3) is 5.03. The molecule has 0 saturated carbocycles. The second-order valence-corrected chi connectivity index (χ2v) is 8.30. The van der Waals surface area contributed by atoms with Crippen LogP contribution in [0.4, 0.5) is 0 Å². The molecule has 1 atom stereocenters. The first-order chi connectivity index (χ1) is 15.7. The van der Waals surface area contributed by atoms with Crippen molar-refractivity contribution in [1.82, 2.24) is 15.3 Å². The summed E-state index contributed by atoms with van der Waals surface area (Å²) >= 11 is 0. The average Bonchev–Trinajstić information content (AvgIpc) is 2.88. The highest BCUT2D eigenvalue weighted by Crippen LogP contribution is 2.33. The van der Waals surface area contributed by atoms with Crippen molar-refractivity contribution in [1.29, 1.82) is 0 Å². The van der Waals surface area contributed by atoms with Crippen LogP contribution in [0.5, 0.6) is 0 Å². The predicted molar refractivity (Wildman–Crippen MR) is 122 cm³/mol. The Bertz CT molecular complexity index is 937. The average molecular weight is 432 g/mol. The molecule has 6 heteroatoms. The van der Waals surface area contributed by atoms with Crippen molar-refractivity contribution in [2.45, 2.75) is 30.8 Å². The molecule has 0 bridgehead atoms. The normalized spacial score (nSPS) is 15.8. The molecule has 1 fully saturated rings. The van der Waals surface area contributed by atoms with Crippen molar-refractivity contribution in [3.05, 3.63) is 96.1 Å². The molecule has 0 amide bonds. The van der Waals surface area contributed by atoms with Crippen molar-refractivity contribution in [2.75, 3.05) is 19.7 Å². The van der Waals surface area contributed by atoms with Crippen molar-refractivity contribution in [3.8, 4) is 0 Å². The Labute approximate surface area is 188 Å². The lowest BCUT2D eigenvalue weighted by Gasteiger charge is -2.29. The van der Waals surface area contributed by atoms with Gasteiger partial charge in [-0.2, -0.15) is 0 Å². The molecule has 0 radical (unpaired) electrons. The van der Waals surface area contributed by atoms with E-state index in [9.17, 15) is 9.90 Å². The lowest BCUT2D eigenvalue weighted by molar-refractivity contribution is -0.163. The molecule has 3 aromatic rings. The summed E-state index contributed by atoms with van der Waals surface area (Å²) in [5.74, 6) is -0.197. The number of benzene rings is 2. The number of carbonyl (C=O) groups is 1. The molecule has 1 aliphatic rings. The van der Waals surface area contributed by atoms with Crippen molar-refractivity contribution < 1.29 is 14.6 Å². The van der Waals surface area contributed by atoms with Crippen LogP contribution < -0.4 is 5.32 Å². The van der Waals surface area contributed by atoms with Crippen molar-refractivity contribution in [3.63, 3.8) is 0 Å². The Morgan fingerprint density at radius 3 is 2.22 bits per heavy atom. The maximum Gasteiger partial charge on any atom is 0.347 e. The highest BCUT2D eigenvalue weighted by atomic mass is 16.5. The molecule has 1 aromatic heterocycles. The maximum absolute atomic E-state index is 13.4. The van der Waals surface area contributed by atoms with E-state index >= 15 is 0 Å². The van der Waals surface area contributed by atoms with E-state index in [4.69, 9.17) is 4.74 Å². The lowest BCUT2D eigenvalue weighted by Crippen LogP contribution is -2.39. The van der Waals surface area contributed by atoms with Crippen LogP contribution in [0.25, 0.3) is 0 Å². The van der Waals surface area contributed by atoms with Crippen LogP contribution in [0.1, 0.15) is 42.0 Å². The summed E-state index contributed by atoms with van der Waals surface area (Å²) < 4.78 is 5.81. The summed E-state index contributed by atoms with van der Waals surface area (Å²) in [6.45, 7) is 2.16. The molecule has 2 N–H and O–H groups in total. The molecule has 0 spiro atoms. The molecule has 6 nitrogen and oxygen atoms in total. The molecule has 0 aliphatic carbocycles. The van der Waals surface area contributed by atoms with Gasteiger partial charge in [-0.05, 0) is 55.5 Å². The predicted octanol–water partition coefficient (Wildman–Crippen LogP) is 3.43. The summed E-state index contributed by atoms with van der Waals surface area (Å²) in [5, 5.41) is 15.0. The van der Waals surface area contributed by atoms with Gasteiger partial charge in [-0.1, -0.05) is 60.7 Å². The molecule has 1 aliphatic heterocycles. The first-order valence-corrected chi connectivity index (χ1v) is 11.1. The summed E-state index contributed by atoms with van der Waals surface area (Å²) in [4.78, 5) is 21.8. The summed E-state index contributed by atoms with van der Waals surface area (Å²) in [6, 6.07) is 19.8. The van der Waals surface area contributed by atoms with Gasteiger partial charge in [-0.15, -0.1) is 0 Å². The Morgan fingerprint density at radius 1 is 1.03 bits per heavy atom. The monoisotopic (exact) mass is 431 g/mol. The van der Waals surface area contributed by atoms with Gasteiger partial charge in [0.25, 0.3) is 0 Å². The number of rotatable bonds is 8. The maximum atomic E-state index is 13.4. The van der Waals surface area contributed by atoms with Gasteiger partial charge in [-0.3, -0.25) is 0 Å². The van der Waals surface area contributed by atoms with Gasteiger partial charge in [0.15, 0.2) is 0 Å². The fraction of sp³-hybridized carbons (Fsp3) is 0.346. The molecule has 32 heavy (non-hydrogen) atoms. The Morgan fingerprint density at radius 2 is 1.66 bits per heavy atom. The van der Waals surface area contributed by atoms with Gasteiger partial charge in [0, 0.05) is 12.1 Å². The molecule has 4 rings (SSSR count). The summed E-state index contributed by atoms with van der Waals surface area (Å²) in [7, 11) is 0. The van der Waals surface area contributed by atoms with Crippen LogP contribution in [-0.2, 0) is 15.1 Å². The Kier molecular flexibility index (Phi) is 7.24. The van der Waals surface area contributed by atoms with E-state index in [-0.39, 0.29) is 12.5 Å². The zero-order valence-corrected chi connectivity index (χ0v) is 18.1. The zero-order valence-electron chi connectivity index (χ0n) is 18.1. The fourth-order valence-electron chi connectivity index (χ4n) is 4.38. The number of nitrogens with one attached hydrogen (secondary N) is 1. The quantitative estimate of drug-likeness (QED) is 0.532. The van der Waals surface area contributed by atoms with Crippen LogP contribution in [0, 0.1) is 5.92 Å². The highest BCUT2D eigenvalue weighted by molar-refractivity contribution is 5.85. The second kappa shape index (κ2) is 10.5. The van der Waals surface area contributed by atoms with Gasteiger partial charge in [0.2, 0.25) is 5.60 Å². The third-order valence-electron chi connectivity index (χ3n) is 6.19. The zero-order chi connectivity index (χ0) is 22.2. The minimum atomic E-state index is -1.88.